The Hall–Kier alpha value is -4.08. The van der Waals surface area contributed by atoms with Crippen LogP contribution in [0.3, 0.4) is 0 Å². The number of fused-ring (bicyclic) bond motifs is 8. The molecule has 10 unspecified atom stereocenters. The van der Waals surface area contributed by atoms with Gasteiger partial charge in [0.1, 0.15) is 0 Å². The maximum atomic E-state index is 4.40. The molecule has 8 bridgehead atoms. The molecule has 5 aliphatic heterocycles. The van der Waals surface area contributed by atoms with Crippen LogP contribution >= 0.6 is 0 Å². The van der Waals surface area contributed by atoms with Crippen LogP contribution in [0.25, 0.3) is 0 Å². The number of nitrogens with zero attached hydrogens (tertiary/aromatic N) is 4. The van der Waals surface area contributed by atoms with Crippen molar-refractivity contribution in [1.29, 1.82) is 0 Å². The smallest absolute Gasteiger partial charge is 0.0343 e. The van der Waals surface area contributed by atoms with E-state index in [0.717, 1.165) is 25.7 Å². The van der Waals surface area contributed by atoms with E-state index in [0.29, 0.717) is 30.1 Å². The number of hydrogen-bond donors (Lipinski definition) is 4. The Labute approximate surface area is 283 Å². The summed E-state index contributed by atoms with van der Waals surface area (Å²) in [5.74, 6) is 1.12. The number of rotatable bonds is 4. The van der Waals surface area contributed by atoms with Gasteiger partial charge in [0.05, 0.1) is 0 Å². The molecule has 4 N–H and O–H groups in total. The van der Waals surface area contributed by atoms with Crippen molar-refractivity contribution in [2.45, 2.75) is 97.7 Å². The zero-order valence-electron chi connectivity index (χ0n) is 27.1. The summed E-state index contributed by atoms with van der Waals surface area (Å²) in [7, 11) is 0. The largest absolute Gasteiger partial charge is 0.310 e. The van der Waals surface area contributed by atoms with E-state index in [2.05, 4.69) is 114 Å². The van der Waals surface area contributed by atoms with E-state index in [9.17, 15) is 0 Å². The normalized spacial score (nSPS) is 37.2. The first-order valence-corrected chi connectivity index (χ1v) is 17.8. The standard InChI is InChI=1S/C40H44N8/c1-2-30-38(26-11-19-42-20-12-26)32-5-6-34(47-32)40(28-15-23-44-24-16-28)36-8-7-35(48-36)39(27-13-21-43-22-14-27)33-4-3-31(46-33)37(29(1)45-30)25-9-17-41-18-10-25/h1-4,9-24,29-40,45-48H,5-8H2. The van der Waals surface area contributed by atoms with Crippen LogP contribution in [0, 0.1) is 0 Å². The zero-order valence-corrected chi connectivity index (χ0v) is 27.1. The van der Waals surface area contributed by atoms with Gasteiger partial charge in [-0.3, -0.25) is 19.9 Å². The third-order valence-electron chi connectivity index (χ3n) is 11.9. The molecule has 0 aromatic carbocycles. The van der Waals surface area contributed by atoms with Crippen molar-refractivity contribution in [2.75, 3.05) is 0 Å². The van der Waals surface area contributed by atoms with Gasteiger partial charge in [0.2, 0.25) is 0 Å². The fourth-order valence-electron chi connectivity index (χ4n) is 9.88. The lowest BCUT2D eigenvalue weighted by Gasteiger charge is -2.37. The highest BCUT2D eigenvalue weighted by atomic mass is 15.1. The molecule has 3 saturated heterocycles. The summed E-state index contributed by atoms with van der Waals surface area (Å²) < 4.78 is 0. The zero-order chi connectivity index (χ0) is 31.9. The summed E-state index contributed by atoms with van der Waals surface area (Å²) in [6.07, 6.45) is 29.9. The highest BCUT2D eigenvalue weighted by Crippen LogP contribution is 2.43. The minimum absolute atomic E-state index is 0.172. The minimum Gasteiger partial charge on any atom is -0.310 e. The minimum atomic E-state index is 0.172. The average molecular weight is 637 g/mol. The molecule has 4 aromatic rings. The molecule has 0 saturated carbocycles. The summed E-state index contributed by atoms with van der Waals surface area (Å²) in [5, 5.41) is 16.8. The van der Waals surface area contributed by atoms with Gasteiger partial charge >= 0.3 is 0 Å². The Morgan fingerprint density at radius 3 is 0.958 bits per heavy atom. The van der Waals surface area contributed by atoms with Crippen LogP contribution in [-0.2, 0) is 0 Å². The highest BCUT2D eigenvalue weighted by molar-refractivity contribution is 5.36. The molecule has 8 heteroatoms. The van der Waals surface area contributed by atoms with Crippen molar-refractivity contribution < 1.29 is 0 Å². The van der Waals surface area contributed by atoms with Gasteiger partial charge < -0.3 is 21.3 Å². The van der Waals surface area contributed by atoms with Crippen LogP contribution in [0.4, 0.5) is 0 Å². The van der Waals surface area contributed by atoms with Crippen LogP contribution in [0.1, 0.15) is 71.6 Å². The predicted molar refractivity (Wildman–Crippen MR) is 188 cm³/mol. The van der Waals surface area contributed by atoms with Gasteiger partial charge in [-0.2, -0.15) is 0 Å². The Balaban J connectivity index is 1.14. The molecule has 3 fully saturated rings. The van der Waals surface area contributed by atoms with Gasteiger partial charge in [-0.15, -0.1) is 0 Å². The van der Waals surface area contributed by atoms with E-state index in [1.807, 2.05) is 49.6 Å². The van der Waals surface area contributed by atoms with Gasteiger partial charge in [0.15, 0.2) is 0 Å². The maximum Gasteiger partial charge on any atom is 0.0343 e. The molecule has 8 nitrogen and oxygen atoms in total. The van der Waals surface area contributed by atoms with E-state index < -0.39 is 0 Å². The van der Waals surface area contributed by atoms with Gasteiger partial charge in [-0.1, -0.05) is 24.3 Å². The second-order valence-corrected chi connectivity index (χ2v) is 14.3. The van der Waals surface area contributed by atoms with Crippen molar-refractivity contribution in [2.24, 2.45) is 0 Å². The van der Waals surface area contributed by atoms with E-state index in [1.54, 1.807) is 0 Å². The van der Waals surface area contributed by atoms with Crippen molar-refractivity contribution in [3.63, 3.8) is 0 Å². The average Bonchev–Trinajstić information content (AvgIpc) is 3.98. The first kappa shape index (κ1) is 30.0. The summed E-state index contributed by atoms with van der Waals surface area (Å²) in [5.41, 5.74) is 5.36. The summed E-state index contributed by atoms with van der Waals surface area (Å²) in [6.45, 7) is 0. The quantitative estimate of drug-likeness (QED) is 0.239. The maximum absolute atomic E-state index is 4.40. The molecule has 9 rings (SSSR count). The van der Waals surface area contributed by atoms with E-state index in [-0.39, 0.29) is 41.9 Å². The second kappa shape index (κ2) is 13.1. The molecular formula is C40H44N8. The third-order valence-corrected chi connectivity index (χ3v) is 11.9. The molecule has 244 valence electrons. The lowest BCUT2D eigenvalue weighted by molar-refractivity contribution is 0.316. The van der Waals surface area contributed by atoms with Crippen molar-refractivity contribution in [1.82, 2.24) is 41.2 Å². The molecule has 5 aliphatic rings. The van der Waals surface area contributed by atoms with E-state index in [4.69, 9.17) is 0 Å². The Morgan fingerprint density at radius 1 is 0.333 bits per heavy atom. The SMILES string of the molecule is C1=CC2NC1C(c1ccncc1)C1C=CC(N1)C(c1ccncc1)C1CCC(N1)C(c1ccncc1)C1CCC(N1)C2c1ccncc1. The van der Waals surface area contributed by atoms with E-state index in [1.165, 1.54) is 22.3 Å². The topological polar surface area (TPSA) is 99.7 Å². The second-order valence-electron chi connectivity index (χ2n) is 14.3. The van der Waals surface area contributed by atoms with Crippen molar-refractivity contribution in [3.8, 4) is 0 Å². The Morgan fingerprint density at radius 2 is 0.604 bits per heavy atom. The van der Waals surface area contributed by atoms with Crippen LogP contribution in [0.2, 0.25) is 0 Å². The fraction of sp³-hybridized carbons (Fsp3) is 0.400. The van der Waals surface area contributed by atoms with Crippen LogP contribution in [0.15, 0.2) is 122 Å². The molecule has 10 atom stereocenters. The van der Waals surface area contributed by atoms with Gasteiger partial charge in [-0.25, -0.2) is 0 Å². The number of hydrogen-bond acceptors (Lipinski definition) is 8. The summed E-state index contributed by atoms with van der Waals surface area (Å²) in [4.78, 5) is 17.6. The van der Waals surface area contributed by atoms with Crippen molar-refractivity contribution in [3.05, 3.63) is 145 Å². The summed E-state index contributed by atoms with van der Waals surface area (Å²) in [6, 6.07) is 19.9. The molecular weight excluding hydrogens is 592 g/mol. The van der Waals surface area contributed by atoms with Gasteiger partial charge in [-0.05, 0) is 96.5 Å². The van der Waals surface area contributed by atoms with Gasteiger partial charge in [0, 0.05) is 122 Å². The van der Waals surface area contributed by atoms with Crippen LogP contribution in [-0.4, -0.2) is 68.3 Å². The summed E-state index contributed by atoms with van der Waals surface area (Å²) >= 11 is 0. The molecule has 4 aromatic heterocycles. The molecule has 0 amide bonds. The van der Waals surface area contributed by atoms with Crippen molar-refractivity contribution >= 4 is 0 Å². The number of nitrogens with one attached hydrogen (secondary N) is 4. The fourth-order valence-corrected chi connectivity index (χ4v) is 9.88. The van der Waals surface area contributed by atoms with Gasteiger partial charge in [0.25, 0.3) is 0 Å². The number of aromatic nitrogens is 4. The van der Waals surface area contributed by atoms with Crippen LogP contribution < -0.4 is 21.3 Å². The Kier molecular flexibility index (Phi) is 8.18. The molecule has 9 heterocycles. The highest BCUT2D eigenvalue weighted by Gasteiger charge is 2.47. The molecule has 0 radical (unpaired) electrons. The Bertz CT molecular complexity index is 1630. The first-order chi connectivity index (χ1) is 23.8. The number of pyridine rings is 4. The molecule has 48 heavy (non-hydrogen) atoms. The predicted octanol–water partition coefficient (Wildman–Crippen LogP) is 4.75. The third kappa shape index (κ3) is 5.60. The lowest BCUT2D eigenvalue weighted by Crippen LogP contribution is -2.52. The molecule has 0 spiro atoms. The molecule has 0 aliphatic carbocycles. The van der Waals surface area contributed by atoms with E-state index >= 15 is 0 Å². The lowest BCUT2D eigenvalue weighted by atomic mass is 9.83. The monoisotopic (exact) mass is 636 g/mol. The van der Waals surface area contributed by atoms with Crippen LogP contribution in [0.5, 0.6) is 0 Å². The first-order valence-electron chi connectivity index (χ1n) is 17.8.